The summed E-state index contributed by atoms with van der Waals surface area (Å²) in [6, 6.07) is 24.9. The van der Waals surface area contributed by atoms with Gasteiger partial charge in [-0.2, -0.15) is 0 Å². The highest BCUT2D eigenvalue weighted by Crippen LogP contribution is 2.45. The van der Waals surface area contributed by atoms with Gasteiger partial charge in [0.05, 0.1) is 61.4 Å². The molecule has 1 aliphatic heterocycles. The first-order valence-electron chi connectivity index (χ1n) is 27.8. The molecule has 3 atom stereocenters. The summed E-state index contributed by atoms with van der Waals surface area (Å²) in [6.07, 6.45) is 5.00. The lowest BCUT2D eigenvalue weighted by Gasteiger charge is -2.38. The van der Waals surface area contributed by atoms with Crippen LogP contribution < -0.4 is 25.0 Å². The van der Waals surface area contributed by atoms with Crippen LogP contribution in [0.4, 0.5) is 14.5 Å². The number of carbonyl (C=O) groups is 3. The molecule has 16 nitrogen and oxygen atoms in total. The molecule has 2 aliphatic carbocycles. The fraction of sp³-hybridized carbons (Fsp3) is 0.475. The molecule has 2 aromatic heterocycles. The molecule has 20 heteroatoms. The Morgan fingerprint density at radius 2 is 1.67 bits per heavy atom. The van der Waals surface area contributed by atoms with Gasteiger partial charge in [-0.25, -0.2) is 18.4 Å². The van der Waals surface area contributed by atoms with E-state index in [2.05, 4.69) is 49.0 Å². The van der Waals surface area contributed by atoms with Gasteiger partial charge in [-0.15, -0.1) is 16.4 Å². The number of halogens is 3. The second-order valence-electron chi connectivity index (χ2n) is 22.6. The van der Waals surface area contributed by atoms with Crippen molar-refractivity contribution in [1.29, 1.82) is 0 Å². The summed E-state index contributed by atoms with van der Waals surface area (Å²) in [7, 11) is 0. The topological polar surface area (TPSA) is 182 Å². The van der Waals surface area contributed by atoms with Crippen LogP contribution in [0.25, 0.3) is 10.4 Å². The lowest BCUT2D eigenvalue weighted by atomic mass is 9.78. The van der Waals surface area contributed by atoms with Crippen molar-refractivity contribution in [2.75, 3.05) is 51.0 Å². The zero-order chi connectivity index (χ0) is 57.3. The molecule has 3 fully saturated rings. The molecule has 9 rings (SSSR count). The van der Waals surface area contributed by atoms with E-state index in [1.165, 1.54) is 16.2 Å². The van der Waals surface area contributed by atoms with Crippen molar-refractivity contribution in [2.45, 2.75) is 135 Å². The molecule has 3 heterocycles. The lowest BCUT2D eigenvalue weighted by Crippen LogP contribution is -2.59. The minimum atomic E-state index is -1.98. The largest absolute Gasteiger partial charge is 0.492 e. The number of nitrogens with one attached hydrogen (secondary N) is 2. The number of rotatable bonds is 26. The SMILES string of the molecule is Cc1cccc(CN(CC2(c3ccccc3F)CCCC2)c2ccc(OCCn3cc(COCCOCCOc4cc(-c5scnc5C)ccc4CNC(=O)[C@@H]4C[C@@H](O)CN4C(=O)[C@@H](NC(=O)C4(F)CC4)C(C)(C)C)nn3)cc2)c1Cl. The van der Waals surface area contributed by atoms with Crippen LogP contribution in [0.15, 0.2) is 96.6 Å². The molecule has 0 unspecified atom stereocenters. The number of amides is 3. The number of aliphatic hydroxyl groups excluding tert-OH is 1. The summed E-state index contributed by atoms with van der Waals surface area (Å²) in [5, 5.41) is 25.4. The van der Waals surface area contributed by atoms with Crippen LogP contribution in [0.3, 0.4) is 0 Å². The molecule has 0 bridgehead atoms. The smallest absolute Gasteiger partial charge is 0.258 e. The second kappa shape index (κ2) is 26.2. The van der Waals surface area contributed by atoms with E-state index in [-0.39, 0.29) is 63.4 Å². The third kappa shape index (κ3) is 14.8. The molecule has 3 amide bonds. The number of thiazole rings is 1. The fourth-order valence-electron chi connectivity index (χ4n) is 10.8. The Labute approximate surface area is 481 Å². The van der Waals surface area contributed by atoms with Gasteiger partial charge in [-0.1, -0.05) is 99.0 Å². The molecular weight excluding hydrogens is 1080 g/mol. The number of nitrogens with zero attached hydrogens (tertiary/aromatic N) is 6. The van der Waals surface area contributed by atoms with Crippen LogP contribution in [0.1, 0.15) is 99.4 Å². The predicted octanol–water partition coefficient (Wildman–Crippen LogP) is 9.63. The number of anilines is 1. The van der Waals surface area contributed by atoms with Gasteiger partial charge >= 0.3 is 0 Å². The van der Waals surface area contributed by atoms with Crippen LogP contribution in [-0.2, 0) is 55.5 Å². The number of ether oxygens (including phenoxy) is 4. The third-order valence-corrected chi connectivity index (χ3v) is 17.0. The molecule has 0 radical (unpaired) electrons. The van der Waals surface area contributed by atoms with E-state index in [9.17, 15) is 23.9 Å². The summed E-state index contributed by atoms with van der Waals surface area (Å²) >= 11 is 8.34. The Morgan fingerprint density at radius 1 is 0.914 bits per heavy atom. The van der Waals surface area contributed by atoms with E-state index < -0.39 is 47.0 Å². The lowest BCUT2D eigenvalue weighted by molar-refractivity contribution is -0.145. The number of carbonyl (C=O) groups excluding carboxylic acids is 3. The van der Waals surface area contributed by atoms with E-state index in [1.54, 1.807) is 43.1 Å². The van der Waals surface area contributed by atoms with Crippen LogP contribution >= 0.6 is 22.9 Å². The quantitative estimate of drug-likeness (QED) is 0.0438. The second-order valence-corrected chi connectivity index (χ2v) is 23.9. The maximum Gasteiger partial charge on any atom is 0.258 e. The number of hydrogen-bond acceptors (Lipinski definition) is 13. The van der Waals surface area contributed by atoms with Crippen molar-refractivity contribution < 1.29 is 47.2 Å². The van der Waals surface area contributed by atoms with E-state index in [1.807, 2.05) is 74.6 Å². The number of aryl methyl sites for hydroxylation is 2. The maximum atomic E-state index is 15.4. The molecular formula is C61H73ClF2N8O8S. The van der Waals surface area contributed by atoms with Gasteiger partial charge in [-0.3, -0.25) is 14.4 Å². The van der Waals surface area contributed by atoms with Crippen LogP contribution in [0, 0.1) is 25.1 Å². The third-order valence-electron chi connectivity index (χ3n) is 15.5. The zero-order valence-electron chi connectivity index (χ0n) is 46.7. The van der Waals surface area contributed by atoms with Crippen molar-refractivity contribution in [3.63, 3.8) is 0 Å². The summed E-state index contributed by atoms with van der Waals surface area (Å²) in [6.45, 7) is 12.5. The Morgan fingerprint density at radius 3 is 2.40 bits per heavy atom. The molecule has 3 N–H and O–H groups in total. The van der Waals surface area contributed by atoms with Crippen molar-refractivity contribution in [2.24, 2.45) is 5.41 Å². The Balaban J connectivity index is 0.722. The van der Waals surface area contributed by atoms with Gasteiger partial charge < -0.3 is 44.5 Å². The maximum absolute atomic E-state index is 15.4. The van der Waals surface area contributed by atoms with E-state index in [4.69, 9.17) is 30.5 Å². The van der Waals surface area contributed by atoms with Crippen molar-refractivity contribution >= 4 is 46.3 Å². The number of aromatic nitrogens is 4. The van der Waals surface area contributed by atoms with Crippen LogP contribution in [0.5, 0.6) is 11.5 Å². The molecule has 0 spiro atoms. The van der Waals surface area contributed by atoms with E-state index in [0.29, 0.717) is 62.2 Å². The zero-order valence-corrected chi connectivity index (χ0v) is 48.3. The summed E-state index contributed by atoms with van der Waals surface area (Å²) in [4.78, 5) is 49.5. The molecule has 4 aromatic carbocycles. The number of β-amino-alcohol motifs (C(OH)–C–C–N with tert-alkyl or cyclic N) is 1. The average molecular weight is 1150 g/mol. The first-order chi connectivity index (χ1) is 38.9. The van der Waals surface area contributed by atoms with Gasteiger partial charge in [0, 0.05) is 54.3 Å². The number of likely N-dealkylation sites (tertiary alicyclic amines) is 1. The highest BCUT2D eigenvalue weighted by atomic mass is 35.5. The first kappa shape index (κ1) is 59.1. The molecule has 3 aliphatic rings. The highest BCUT2D eigenvalue weighted by molar-refractivity contribution is 7.13. The number of aliphatic hydroxyl groups is 1. The van der Waals surface area contributed by atoms with Gasteiger partial charge in [-0.05, 0) is 104 Å². The minimum absolute atomic E-state index is 0.00722. The molecule has 6 aromatic rings. The average Bonchev–Trinajstić information content (AvgIpc) is 4.18. The van der Waals surface area contributed by atoms with Gasteiger partial charge in [0.15, 0.2) is 5.67 Å². The van der Waals surface area contributed by atoms with E-state index >= 15 is 4.39 Å². The van der Waals surface area contributed by atoms with Crippen molar-refractivity contribution in [1.82, 2.24) is 35.5 Å². The van der Waals surface area contributed by atoms with Gasteiger partial charge in [0.1, 0.15) is 48.3 Å². The first-order valence-corrected chi connectivity index (χ1v) is 29.1. The fourth-order valence-corrected chi connectivity index (χ4v) is 11.8. The molecule has 81 heavy (non-hydrogen) atoms. The van der Waals surface area contributed by atoms with E-state index in [0.717, 1.165) is 69.2 Å². The normalized spacial score (nSPS) is 17.7. The Bertz CT molecular complexity index is 3120. The van der Waals surface area contributed by atoms with Gasteiger partial charge in [0.25, 0.3) is 5.91 Å². The van der Waals surface area contributed by atoms with Crippen LogP contribution in [0.2, 0.25) is 5.02 Å². The Hall–Kier alpha value is -6.51. The monoisotopic (exact) mass is 1150 g/mol. The van der Waals surface area contributed by atoms with Crippen molar-refractivity contribution in [3.05, 3.63) is 141 Å². The van der Waals surface area contributed by atoms with Crippen LogP contribution in [-0.4, -0.2) is 118 Å². The van der Waals surface area contributed by atoms with Crippen molar-refractivity contribution in [3.8, 4) is 21.9 Å². The van der Waals surface area contributed by atoms with Gasteiger partial charge in [0.2, 0.25) is 11.8 Å². The summed E-state index contributed by atoms with van der Waals surface area (Å²) < 4.78 is 55.9. The minimum Gasteiger partial charge on any atom is -0.492 e. The number of hydrogen-bond donors (Lipinski definition) is 3. The molecule has 1 saturated heterocycles. The highest BCUT2D eigenvalue weighted by Gasteiger charge is 2.53. The summed E-state index contributed by atoms with van der Waals surface area (Å²) in [5.74, 6) is -0.797. The molecule has 432 valence electrons. The predicted molar refractivity (Wildman–Crippen MR) is 306 cm³/mol. The Kier molecular flexibility index (Phi) is 19.1. The molecule has 2 saturated carbocycles. The number of benzene rings is 4. The summed E-state index contributed by atoms with van der Waals surface area (Å²) in [5.41, 5.74) is 5.59. The standard InChI is InChI=1S/C61H73ClF2N8O8S/c1-40-11-10-12-44(53(40)62)34-70(38-60(21-8-9-22-60)49-13-6-7-14-50(49)63)46-17-19-48(20-18-46)79-26-25-71-35-45(68-69-71)37-78-28-27-77-29-30-80-52-31-42(54-41(2)66-39-81-54)15-16-43(52)33-65-56(74)51-32-47(73)36-72(51)57(75)55(59(3,4)5)67-58(76)61(64)23-24-61/h6-7,10-20,31,35,39,47,51,55,73H,8-9,21-30,32-34,36-38H2,1-5H3,(H,65,74)(H,67,76)/t47-,51+,55-/m1/s1. The number of alkyl halides is 1.